The molecule has 0 spiro atoms. The van der Waals surface area contributed by atoms with Crippen molar-refractivity contribution < 1.29 is 14.7 Å². The number of aliphatic hydroxyl groups is 1. The van der Waals surface area contributed by atoms with E-state index in [1.54, 1.807) is 24.3 Å². The van der Waals surface area contributed by atoms with E-state index in [0.717, 1.165) is 16.5 Å². The van der Waals surface area contributed by atoms with Gasteiger partial charge in [-0.3, -0.25) is 14.5 Å². The summed E-state index contributed by atoms with van der Waals surface area (Å²) in [6.45, 7) is -0.273. The predicted molar refractivity (Wildman–Crippen MR) is 89.8 cm³/mol. The number of aliphatic hydroxyl groups excluding tert-OH is 1. The number of aromatic amines is 1. The summed E-state index contributed by atoms with van der Waals surface area (Å²) >= 11 is 0. The fourth-order valence-electron chi connectivity index (χ4n) is 3.33. The first-order valence-electron chi connectivity index (χ1n) is 7.83. The van der Waals surface area contributed by atoms with E-state index in [4.69, 9.17) is 0 Å². The van der Waals surface area contributed by atoms with Crippen molar-refractivity contribution in [3.8, 4) is 0 Å². The summed E-state index contributed by atoms with van der Waals surface area (Å²) in [5.41, 5.74) is 2.77. The van der Waals surface area contributed by atoms with Gasteiger partial charge >= 0.3 is 0 Å². The molecule has 0 saturated heterocycles. The van der Waals surface area contributed by atoms with Crippen molar-refractivity contribution in [1.82, 2.24) is 9.88 Å². The zero-order chi connectivity index (χ0) is 16.7. The van der Waals surface area contributed by atoms with Crippen LogP contribution in [-0.4, -0.2) is 39.5 Å². The second-order valence-corrected chi connectivity index (χ2v) is 5.93. The molecule has 2 heterocycles. The maximum absolute atomic E-state index is 12.6. The Bertz CT molecular complexity index is 909. The average Bonchev–Trinajstić information content (AvgIpc) is 3.14. The molecule has 0 bridgehead atoms. The molecule has 1 atom stereocenters. The van der Waals surface area contributed by atoms with Gasteiger partial charge in [0.05, 0.1) is 23.8 Å². The van der Waals surface area contributed by atoms with Crippen molar-refractivity contribution in [2.75, 3.05) is 6.61 Å². The third kappa shape index (κ3) is 2.13. The van der Waals surface area contributed by atoms with Crippen molar-refractivity contribution in [3.05, 3.63) is 71.4 Å². The molecule has 24 heavy (non-hydrogen) atoms. The molecule has 0 saturated carbocycles. The van der Waals surface area contributed by atoms with Crippen LogP contribution in [0.15, 0.2) is 54.7 Å². The van der Waals surface area contributed by atoms with Crippen LogP contribution in [0.5, 0.6) is 0 Å². The number of rotatable bonds is 4. The van der Waals surface area contributed by atoms with Gasteiger partial charge in [-0.15, -0.1) is 0 Å². The van der Waals surface area contributed by atoms with E-state index in [0.29, 0.717) is 17.5 Å². The highest BCUT2D eigenvalue weighted by molar-refractivity contribution is 6.21. The first kappa shape index (κ1) is 14.7. The molecule has 0 aliphatic carbocycles. The minimum absolute atomic E-state index is 0.273. The van der Waals surface area contributed by atoms with Crippen LogP contribution in [0.1, 0.15) is 26.3 Å². The zero-order valence-corrected chi connectivity index (χ0v) is 12.9. The minimum Gasteiger partial charge on any atom is -0.394 e. The smallest absolute Gasteiger partial charge is 0.261 e. The topological polar surface area (TPSA) is 73.4 Å². The maximum Gasteiger partial charge on any atom is 0.261 e. The highest BCUT2D eigenvalue weighted by atomic mass is 16.3. The Balaban J connectivity index is 1.68. The van der Waals surface area contributed by atoms with Crippen LogP contribution in [0, 0.1) is 0 Å². The first-order valence-corrected chi connectivity index (χ1v) is 7.83. The van der Waals surface area contributed by atoms with Crippen molar-refractivity contribution >= 4 is 22.7 Å². The Kier molecular flexibility index (Phi) is 3.43. The van der Waals surface area contributed by atoms with Gasteiger partial charge < -0.3 is 10.1 Å². The normalized spacial score (nSPS) is 15.1. The van der Waals surface area contributed by atoms with Crippen molar-refractivity contribution in [2.24, 2.45) is 0 Å². The molecule has 5 nitrogen and oxygen atoms in total. The number of amides is 2. The Morgan fingerprint density at radius 3 is 2.25 bits per heavy atom. The predicted octanol–water partition coefficient (Wildman–Crippen LogP) is 2.37. The van der Waals surface area contributed by atoms with Crippen molar-refractivity contribution in [1.29, 1.82) is 0 Å². The number of para-hydroxylation sites is 1. The molecule has 4 rings (SSSR count). The number of nitrogens with one attached hydrogen (secondary N) is 1. The molecule has 1 aromatic heterocycles. The summed E-state index contributed by atoms with van der Waals surface area (Å²) in [5, 5.41) is 10.9. The molecular formula is C19H16N2O3. The Labute approximate surface area is 138 Å². The molecule has 2 aromatic carbocycles. The van der Waals surface area contributed by atoms with Gasteiger partial charge in [0.1, 0.15) is 0 Å². The summed E-state index contributed by atoms with van der Waals surface area (Å²) in [6.07, 6.45) is 2.28. The molecule has 1 aliphatic heterocycles. The highest BCUT2D eigenvalue weighted by Gasteiger charge is 2.39. The number of hydrogen-bond donors (Lipinski definition) is 2. The lowest BCUT2D eigenvalue weighted by Gasteiger charge is -2.24. The summed E-state index contributed by atoms with van der Waals surface area (Å²) in [7, 11) is 0. The number of H-pyrrole nitrogens is 1. The monoisotopic (exact) mass is 320 g/mol. The van der Waals surface area contributed by atoms with Gasteiger partial charge in [0.15, 0.2) is 0 Å². The van der Waals surface area contributed by atoms with Crippen LogP contribution in [0.2, 0.25) is 0 Å². The molecule has 0 fully saturated rings. The molecule has 3 aromatic rings. The number of nitrogens with zero attached hydrogens (tertiary/aromatic N) is 1. The Morgan fingerprint density at radius 1 is 0.958 bits per heavy atom. The third-order valence-corrected chi connectivity index (χ3v) is 4.53. The van der Waals surface area contributed by atoms with Gasteiger partial charge in [0.25, 0.3) is 11.8 Å². The van der Waals surface area contributed by atoms with Gasteiger partial charge in [-0.1, -0.05) is 30.3 Å². The number of benzene rings is 2. The van der Waals surface area contributed by atoms with Crippen LogP contribution < -0.4 is 0 Å². The molecule has 0 unspecified atom stereocenters. The van der Waals surface area contributed by atoms with E-state index >= 15 is 0 Å². The molecule has 2 N–H and O–H groups in total. The molecule has 2 amide bonds. The lowest BCUT2D eigenvalue weighted by atomic mass is 10.0. The standard InChI is InChI=1S/C19H16N2O3/c22-11-13(9-12-10-20-17-8-4-3-5-14(12)17)21-18(23)15-6-1-2-7-16(15)19(21)24/h1-8,10,13,20,22H,9,11H2/t13-/m0/s1. The molecule has 0 radical (unpaired) electrons. The second-order valence-electron chi connectivity index (χ2n) is 5.93. The quantitative estimate of drug-likeness (QED) is 0.725. The number of imide groups is 1. The third-order valence-electron chi connectivity index (χ3n) is 4.53. The lowest BCUT2D eigenvalue weighted by molar-refractivity contribution is 0.0517. The number of carbonyl (C=O) groups excluding carboxylic acids is 2. The van der Waals surface area contributed by atoms with E-state index in [-0.39, 0.29) is 18.4 Å². The van der Waals surface area contributed by atoms with Crippen molar-refractivity contribution in [2.45, 2.75) is 12.5 Å². The van der Waals surface area contributed by atoms with Gasteiger partial charge in [0, 0.05) is 17.1 Å². The zero-order valence-electron chi connectivity index (χ0n) is 12.9. The fourth-order valence-corrected chi connectivity index (χ4v) is 3.33. The van der Waals surface area contributed by atoms with Gasteiger partial charge in [-0.05, 0) is 30.2 Å². The molecule has 120 valence electrons. The van der Waals surface area contributed by atoms with Crippen LogP contribution in [0.25, 0.3) is 10.9 Å². The van der Waals surface area contributed by atoms with Gasteiger partial charge in [-0.25, -0.2) is 0 Å². The van der Waals surface area contributed by atoms with E-state index in [1.165, 1.54) is 4.90 Å². The van der Waals surface area contributed by atoms with Crippen LogP contribution in [-0.2, 0) is 6.42 Å². The average molecular weight is 320 g/mol. The number of aromatic nitrogens is 1. The van der Waals surface area contributed by atoms with E-state index in [2.05, 4.69) is 4.98 Å². The summed E-state index contributed by atoms with van der Waals surface area (Å²) in [6, 6.07) is 14.0. The second kappa shape index (κ2) is 5.62. The van der Waals surface area contributed by atoms with E-state index < -0.39 is 6.04 Å². The number of hydrogen-bond acceptors (Lipinski definition) is 3. The minimum atomic E-state index is -0.586. The van der Waals surface area contributed by atoms with Crippen LogP contribution in [0.4, 0.5) is 0 Å². The van der Waals surface area contributed by atoms with Gasteiger partial charge in [-0.2, -0.15) is 0 Å². The molecule has 5 heteroatoms. The fraction of sp³-hybridized carbons (Fsp3) is 0.158. The van der Waals surface area contributed by atoms with Crippen molar-refractivity contribution in [3.63, 3.8) is 0 Å². The maximum atomic E-state index is 12.6. The molecule has 1 aliphatic rings. The van der Waals surface area contributed by atoms with E-state index in [9.17, 15) is 14.7 Å². The number of fused-ring (bicyclic) bond motifs is 2. The van der Waals surface area contributed by atoms with Gasteiger partial charge in [0.2, 0.25) is 0 Å². The first-order chi connectivity index (χ1) is 11.7. The van der Waals surface area contributed by atoms with Crippen LogP contribution in [0.3, 0.4) is 0 Å². The van der Waals surface area contributed by atoms with Crippen LogP contribution >= 0.6 is 0 Å². The summed E-state index contributed by atoms with van der Waals surface area (Å²) in [5.74, 6) is -0.677. The Morgan fingerprint density at radius 2 is 1.58 bits per heavy atom. The SMILES string of the molecule is O=C1c2ccccc2C(=O)N1[C@H](CO)Cc1c[nH]c2ccccc12. The Hall–Kier alpha value is -2.92. The summed E-state index contributed by atoms with van der Waals surface area (Å²) < 4.78 is 0. The van der Waals surface area contributed by atoms with E-state index in [1.807, 2.05) is 30.5 Å². The lowest BCUT2D eigenvalue weighted by Crippen LogP contribution is -2.43. The largest absolute Gasteiger partial charge is 0.394 e. The molecular weight excluding hydrogens is 304 g/mol. The summed E-state index contributed by atoms with van der Waals surface area (Å²) in [4.78, 5) is 29.5. The highest BCUT2D eigenvalue weighted by Crippen LogP contribution is 2.27. The number of carbonyl (C=O) groups is 2.